The monoisotopic (exact) mass is 246 g/mol. The zero-order valence-electron chi connectivity index (χ0n) is 9.37. The van der Waals surface area contributed by atoms with Crippen molar-refractivity contribution in [3.05, 3.63) is 33.9 Å². The lowest BCUT2D eigenvalue weighted by Crippen LogP contribution is -2.38. The van der Waals surface area contributed by atoms with Crippen molar-refractivity contribution in [1.82, 2.24) is 0 Å². The van der Waals surface area contributed by atoms with E-state index in [9.17, 15) is 18.9 Å². The average molecular weight is 246 g/mol. The first kappa shape index (κ1) is 13.3. The van der Waals surface area contributed by atoms with Crippen LogP contribution in [0, 0.1) is 21.7 Å². The Morgan fingerprint density at radius 2 is 2.06 bits per heavy atom. The van der Waals surface area contributed by atoms with E-state index in [0.717, 1.165) is 6.07 Å². The molecule has 0 atom stereocenters. The van der Waals surface area contributed by atoms with Gasteiger partial charge < -0.3 is 10.5 Å². The van der Waals surface area contributed by atoms with Crippen LogP contribution in [0.15, 0.2) is 12.1 Å². The quantitative estimate of drug-likeness (QED) is 0.650. The van der Waals surface area contributed by atoms with Gasteiger partial charge in [0.15, 0.2) is 5.82 Å². The molecule has 0 radical (unpaired) electrons. The second kappa shape index (κ2) is 4.62. The predicted octanol–water partition coefficient (Wildman–Crippen LogP) is 1.99. The largest absolute Gasteiger partial charge is 0.483 e. The molecule has 0 heterocycles. The molecule has 0 amide bonds. The van der Waals surface area contributed by atoms with Crippen LogP contribution in [0.1, 0.15) is 13.8 Å². The minimum Gasteiger partial charge on any atom is -0.483 e. The number of hydrogen-bond donors (Lipinski definition) is 1. The Labute approximate surface area is 96.3 Å². The van der Waals surface area contributed by atoms with Crippen molar-refractivity contribution >= 4 is 5.69 Å². The van der Waals surface area contributed by atoms with E-state index >= 15 is 0 Å². The lowest BCUT2D eigenvalue weighted by Gasteiger charge is -2.19. The van der Waals surface area contributed by atoms with Crippen molar-refractivity contribution in [3.63, 3.8) is 0 Å². The van der Waals surface area contributed by atoms with Crippen LogP contribution in [0.5, 0.6) is 5.75 Å². The minimum absolute atomic E-state index is 0.172. The Balaban J connectivity index is 3.11. The van der Waals surface area contributed by atoms with Gasteiger partial charge in [0.2, 0.25) is 11.6 Å². The highest BCUT2D eigenvalue weighted by molar-refractivity contribution is 5.47. The molecule has 94 valence electrons. The lowest BCUT2D eigenvalue weighted by molar-refractivity contribution is -0.386. The van der Waals surface area contributed by atoms with Crippen molar-refractivity contribution < 1.29 is 18.4 Å². The third-order valence-electron chi connectivity index (χ3n) is 1.81. The van der Waals surface area contributed by atoms with Gasteiger partial charge in [0, 0.05) is 11.6 Å². The van der Waals surface area contributed by atoms with Gasteiger partial charge in [-0.3, -0.25) is 10.1 Å². The molecular weight excluding hydrogens is 234 g/mol. The molecule has 0 aromatic heterocycles. The SMILES string of the molecule is CC(C)(N)COc1c([N+](=O)[O-])ccc(F)c1F. The van der Waals surface area contributed by atoms with Crippen LogP contribution >= 0.6 is 0 Å². The number of hydrogen-bond acceptors (Lipinski definition) is 4. The third kappa shape index (κ3) is 3.35. The van der Waals surface area contributed by atoms with E-state index in [-0.39, 0.29) is 6.61 Å². The third-order valence-corrected chi connectivity index (χ3v) is 1.81. The first-order chi connectivity index (χ1) is 7.72. The number of benzene rings is 1. The summed E-state index contributed by atoms with van der Waals surface area (Å²) in [6.45, 7) is 3.01. The fourth-order valence-electron chi connectivity index (χ4n) is 1.06. The number of nitro benzene ring substituents is 1. The molecule has 7 heteroatoms. The van der Waals surface area contributed by atoms with Crippen LogP contribution in [-0.2, 0) is 0 Å². The molecule has 17 heavy (non-hydrogen) atoms. The predicted molar refractivity (Wildman–Crippen MR) is 56.8 cm³/mol. The smallest absolute Gasteiger partial charge is 0.314 e. The molecule has 0 aliphatic heterocycles. The first-order valence-corrected chi connectivity index (χ1v) is 4.76. The minimum atomic E-state index is -1.39. The van der Waals surface area contributed by atoms with Crippen molar-refractivity contribution in [1.29, 1.82) is 0 Å². The van der Waals surface area contributed by atoms with Crippen LogP contribution in [0.2, 0.25) is 0 Å². The molecular formula is C10H12F2N2O3. The second-order valence-corrected chi connectivity index (χ2v) is 4.24. The van der Waals surface area contributed by atoms with E-state index in [1.54, 1.807) is 13.8 Å². The summed E-state index contributed by atoms with van der Waals surface area (Å²) in [7, 11) is 0. The van der Waals surface area contributed by atoms with Crippen molar-refractivity contribution in [2.75, 3.05) is 6.61 Å². The Morgan fingerprint density at radius 3 is 2.53 bits per heavy atom. The van der Waals surface area contributed by atoms with E-state index < -0.39 is 33.5 Å². The van der Waals surface area contributed by atoms with E-state index in [4.69, 9.17) is 10.5 Å². The van der Waals surface area contributed by atoms with Crippen LogP contribution in [-0.4, -0.2) is 17.1 Å². The molecule has 0 aliphatic rings. The molecule has 5 nitrogen and oxygen atoms in total. The highest BCUT2D eigenvalue weighted by atomic mass is 19.2. The van der Waals surface area contributed by atoms with Gasteiger partial charge in [0.25, 0.3) is 0 Å². The van der Waals surface area contributed by atoms with Gasteiger partial charge in [-0.25, -0.2) is 4.39 Å². The van der Waals surface area contributed by atoms with Gasteiger partial charge in [-0.15, -0.1) is 0 Å². The number of rotatable bonds is 4. The molecule has 1 aromatic rings. The summed E-state index contributed by atoms with van der Waals surface area (Å²) >= 11 is 0. The fourth-order valence-corrected chi connectivity index (χ4v) is 1.06. The number of nitrogens with zero attached hydrogens (tertiary/aromatic N) is 1. The van der Waals surface area contributed by atoms with Crippen LogP contribution in [0.4, 0.5) is 14.5 Å². The van der Waals surface area contributed by atoms with Crippen molar-refractivity contribution in [3.8, 4) is 5.75 Å². The first-order valence-electron chi connectivity index (χ1n) is 4.76. The molecule has 2 N–H and O–H groups in total. The Morgan fingerprint density at radius 1 is 1.47 bits per heavy atom. The van der Waals surface area contributed by atoms with Crippen LogP contribution < -0.4 is 10.5 Å². The highest BCUT2D eigenvalue weighted by Crippen LogP contribution is 2.31. The van der Waals surface area contributed by atoms with Gasteiger partial charge in [0.05, 0.1) is 4.92 Å². The molecule has 0 fully saturated rings. The van der Waals surface area contributed by atoms with Gasteiger partial charge >= 0.3 is 5.69 Å². The van der Waals surface area contributed by atoms with Crippen molar-refractivity contribution in [2.24, 2.45) is 5.73 Å². The maximum absolute atomic E-state index is 13.4. The summed E-state index contributed by atoms with van der Waals surface area (Å²) in [6, 6.07) is 1.52. The van der Waals surface area contributed by atoms with Crippen molar-refractivity contribution in [2.45, 2.75) is 19.4 Å². The number of nitro groups is 1. The zero-order valence-corrected chi connectivity index (χ0v) is 9.37. The standard InChI is InChI=1S/C10H12F2N2O3/c1-10(2,13)5-17-9-7(14(15)16)4-3-6(11)8(9)12/h3-4H,5,13H2,1-2H3. The van der Waals surface area contributed by atoms with Crippen LogP contribution in [0.25, 0.3) is 0 Å². The molecule has 0 saturated heterocycles. The van der Waals surface area contributed by atoms with Gasteiger partial charge in [-0.2, -0.15) is 4.39 Å². The van der Waals surface area contributed by atoms with E-state index in [0.29, 0.717) is 6.07 Å². The maximum atomic E-state index is 13.4. The summed E-state index contributed by atoms with van der Waals surface area (Å²) in [6.07, 6.45) is 0. The topological polar surface area (TPSA) is 78.4 Å². The fraction of sp³-hybridized carbons (Fsp3) is 0.400. The molecule has 0 bridgehead atoms. The zero-order chi connectivity index (χ0) is 13.2. The molecule has 1 rings (SSSR count). The van der Waals surface area contributed by atoms with Gasteiger partial charge in [-0.05, 0) is 19.9 Å². The lowest BCUT2D eigenvalue weighted by atomic mass is 10.1. The van der Waals surface area contributed by atoms with E-state index in [1.807, 2.05) is 0 Å². The molecule has 0 saturated carbocycles. The van der Waals surface area contributed by atoms with Crippen LogP contribution in [0.3, 0.4) is 0 Å². The normalized spacial score (nSPS) is 11.4. The Bertz CT molecular complexity index is 444. The molecule has 0 spiro atoms. The Hall–Kier alpha value is -1.76. The molecule has 1 aromatic carbocycles. The highest BCUT2D eigenvalue weighted by Gasteiger charge is 2.25. The molecule has 0 aliphatic carbocycles. The molecule has 0 unspecified atom stereocenters. The summed E-state index contributed by atoms with van der Waals surface area (Å²) in [5, 5.41) is 10.6. The average Bonchev–Trinajstić information content (AvgIpc) is 2.18. The maximum Gasteiger partial charge on any atom is 0.314 e. The van der Waals surface area contributed by atoms with E-state index in [1.165, 1.54) is 0 Å². The number of halogens is 2. The van der Waals surface area contributed by atoms with Gasteiger partial charge in [0.1, 0.15) is 6.61 Å². The summed E-state index contributed by atoms with van der Waals surface area (Å²) < 4.78 is 31.2. The number of nitrogens with two attached hydrogens (primary N) is 1. The summed E-state index contributed by atoms with van der Waals surface area (Å²) in [5.41, 5.74) is 4.14. The summed E-state index contributed by atoms with van der Waals surface area (Å²) in [4.78, 5) is 9.77. The second-order valence-electron chi connectivity index (χ2n) is 4.24. The number of ether oxygens (including phenoxy) is 1. The summed E-state index contributed by atoms with van der Waals surface area (Å²) in [5.74, 6) is -3.32. The Kier molecular flexibility index (Phi) is 3.62. The van der Waals surface area contributed by atoms with Gasteiger partial charge in [-0.1, -0.05) is 0 Å². The van der Waals surface area contributed by atoms with E-state index in [2.05, 4.69) is 0 Å².